The number of benzene rings is 1. The smallest absolute Gasteiger partial charge is 0.275 e. The van der Waals surface area contributed by atoms with Crippen molar-refractivity contribution in [2.45, 2.75) is 26.8 Å². The van der Waals surface area contributed by atoms with E-state index in [9.17, 15) is 10.1 Å². The van der Waals surface area contributed by atoms with Gasteiger partial charge in [0, 0.05) is 23.9 Å². The van der Waals surface area contributed by atoms with Gasteiger partial charge in [0.25, 0.3) is 5.69 Å². The van der Waals surface area contributed by atoms with E-state index < -0.39 is 4.92 Å². The van der Waals surface area contributed by atoms with Gasteiger partial charge in [0.15, 0.2) is 5.76 Å². The van der Waals surface area contributed by atoms with Gasteiger partial charge >= 0.3 is 0 Å². The summed E-state index contributed by atoms with van der Waals surface area (Å²) in [5.41, 5.74) is 1.38. The SMILES string of the molecule is CCCOc1cc(NCc2cc(C)no2)cc([N+](=O)[O-])c1. The first kappa shape index (κ1) is 14.8. The fourth-order valence-electron chi connectivity index (χ4n) is 1.78. The molecule has 0 amide bonds. The maximum Gasteiger partial charge on any atom is 0.275 e. The van der Waals surface area contributed by atoms with Crippen LogP contribution in [0, 0.1) is 17.0 Å². The summed E-state index contributed by atoms with van der Waals surface area (Å²) in [6, 6.07) is 6.41. The third-order valence-electron chi connectivity index (χ3n) is 2.72. The second-order valence-corrected chi connectivity index (χ2v) is 4.61. The molecular formula is C14H17N3O4. The highest BCUT2D eigenvalue weighted by molar-refractivity contribution is 5.56. The van der Waals surface area contributed by atoms with Crippen LogP contribution >= 0.6 is 0 Å². The van der Waals surface area contributed by atoms with Crippen molar-refractivity contribution < 1.29 is 14.2 Å². The zero-order chi connectivity index (χ0) is 15.2. The lowest BCUT2D eigenvalue weighted by atomic mass is 10.2. The Morgan fingerprint density at radius 3 is 2.81 bits per heavy atom. The lowest BCUT2D eigenvalue weighted by molar-refractivity contribution is -0.384. The van der Waals surface area contributed by atoms with Crippen molar-refractivity contribution in [3.05, 3.63) is 45.8 Å². The van der Waals surface area contributed by atoms with Crippen LogP contribution < -0.4 is 10.1 Å². The number of nitro groups is 1. The number of ether oxygens (including phenoxy) is 1. The first-order valence-electron chi connectivity index (χ1n) is 6.67. The van der Waals surface area contributed by atoms with Gasteiger partial charge in [-0.15, -0.1) is 0 Å². The fraction of sp³-hybridized carbons (Fsp3) is 0.357. The Morgan fingerprint density at radius 2 is 2.19 bits per heavy atom. The van der Waals surface area contributed by atoms with E-state index in [0.717, 1.165) is 12.1 Å². The van der Waals surface area contributed by atoms with Crippen LogP contribution in [0.3, 0.4) is 0 Å². The monoisotopic (exact) mass is 291 g/mol. The Hall–Kier alpha value is -2.57. The molecule has 7 heteroatoms. The van der Waals surface area contributed by atoms with Crippen LogP contribution in [0.1, 0.15) is 24.8 Å². The van der Waals surface area contributed by atoms with Gasteiger partial charge in [-0.2, -0.15) is 0 Å². The summed E-state index contributed by atoms with van der Waals surface area (Å²) in [6.07, 6.45) is 0.836. The van der Waals surface area contributed by atoms with Gasteiger partial charge in [0.2, 0.25) is 0 Å². The fourth-order valence-corrected chi connectivity index (χ4v) is 1.78. The summed E-state index contributed by atoms with van der Waals surface area (Å²) in [5.74, 6) is 1.14. The largest absolute Gasteiger partial charge is 0.493 e. The second kappa shape index (κ2) is 6.74. The lowest BCUT2D eigenvalue weighted by Crippen LogP contribution is -2.01. The molecule has 21 heavy (non-hydrogen) atoms. The zero-order valence-corrected chi connectivity index (χ0v) is 12.0. The molecule has 0 saturated heterocycles. The highest BCUT2D eigenvalue weighted by atomic mass is 16.6. The Bertz CT molecular complexity index is 624. The normalized spacial score (nSPS) is 10.4. The maximum absolute atomic E-state index is 11.0. The van der Waals surface area contributed by atoms with Crippen LogP contribution in [0.25, 0.3) is 0 Å². The first-order valence-corrected chi connectivity index (χ1v) is 6.67. The van der Waals surface area contributed by atoms with Crippen LogP contribution in [0.5, 0.6) is 5.75 Å². The molecule has 0 radical (unpaired) electrons. The molecule has 1 N–H and O–H groups in total. The molecule has 0 bridgehead atoms. The summed E-state index contributed by atoms with van der Waals surface area (Å²) in [7, 11) is 0. The van der Waals surface area contributed by atoms with E-state index in [-0.39, 0.29) is 5.69 Å². The number of rotatable bonds is 7. The number of nitro benzene ring substituents is 1. The molecule has 0 fully saturated rings. The average molecular weight is 291 g/mol. The van der Waals surface area contributed by atoms with Gasteiger partial charge in [-0.3, -0.25) is 10.1 Å². The standard InChI is InChI=1S/C14H17N3O4/c1-3-4-20-13-7-11(6-12(8-13)17(18)19)15-9-14-5-10(2)16-21-14/h5-8,15H,3-4,9H2,1-2H3. The van der Waals surface area contributed by atoms with Crippen molar-refractivity contribution in [2.24, 2.45) is 0 Å². The summed E-state index contributed by atoms with van der Waals surface area (Å²) >= 11 is 0. The van der Waals surface area contributed by atoms with Gasteiger partial charge in [0.05, 0.1) is 29.8 Å². The molecule has 0 saturated carbocycles. The highest BCUT2D eigenvalue weighted by Gasteiger charge is 2.11. The van der Waals surface area contributed by atoms with Crippen molar-refractivity contribution >= 4 is 11.4 Å². The molecule has 2 aromatic rings. The minimum absolute atomic E-state index is 0.0140. The molecule has 1 heterocycles. The van der Waals surface area contributed by atoms with E-state index in [1.54, 1.807) is 12.1 Å². The predicted molar refractivity (Wildman–Crippen MR) is 77.4 cm³/mol. The van der Waals surface area contributed by atoms with E-state index >= 15 is 0 Å². The van der Waals surface area contributed by atoms with Gasteiger partial charge < -0.3 is 14.6 Å². The number of hydrogen-bond donors (Lipinski definition) is 1. The van der Waals surface area contributed by atoms with Crippen LogP contribution in [-0.4, -0.2) is 16.7 Å². The molecule has 1 aromatic carbocycles. The van der Waals surface area contributed by atoms with Crippen molar-refractivity contribution in [3.63, 3.8) is 0 Å². The zero-order valence-electron chi connectivity index (χ0n) is 12.0. The molecule has 0 aliphatic rings. The number of nitrogens with one attached hydrogen (secondary N) is 1. The number of non-ortho nitro benzene ring substituents is 1. The molecule has 7 nitrogen and oxygen atoms in total. The Balaban J connectivity index is 2.12. The molecular weight excluding hydrogens is 274 g/mol. The third-order valence-corrected chi connectivity index (χ3v) is 2.72. The molecule has 112 valence electrons. The predicted octanol–water partition coefficient (Wildman–Crippen LogP) is 3.29. The van der Waals surface area contributed by atoms with Gasteiger partial charge in [0.1, 0.15) is 5.75 Å². The van der Waals surface area contributed by atoms with E-state index in [1.165, 1.54) is 12.1 Å². The average Bonchev–Trinajstić information content (AvgIpc) is 2.88. The number of nitrogens with zero attached hydrogens (tertiary/aromatic N) is 2. The van der Waals surface area contributed by atoms with Crippen molar-refractivity contribution in [1.29, 1.82) is 0 Å². The van der Waals surface area contributed by atoms with Crippen LogP contribution in [0.15, 0.2) is 28.8 Å². The van der Waals surface area contributed by atoms with Gasteiger partial charge in [-0.25, -0.2) is 0 Å². The molecule has 0 unspecified atom stereocenters. The summed E-state index contributed by atoms with van der Waals surface area (Å²) in [5, 5.41) is 17.8. The first-order chi connectivity index (χ1) is 10.1. The van der Waals surface area contributed by atoms with Crippen molar-refractivity contribution in [2.75, 3.05) is 11.9 Å². The Labute approximate surface area is 122 Å². The Morgan fingerprint density at radius 1 is 1.38 bits per heavy atom. The van der Waals surface area contributed by atoms with Gasteiger partial charge in [-0.05, 0) is 13.3 Å². The maximum atomic E-state index is 11.0. The molecule has 0 aliphatic heterocycles. The summed E-state index contributed by atoms with van der Waals surface area (Å²) in [6.45, 7) is 4.72. The minimum atomic E-state index is -0.442. The highest BCUT2D eigenvalue weighted by Crippen LogP contribution is 2.26. The molecule has 2 rings (SSSR count). The van der Waals surface area contributed by atoms with Crippen LogP contribution in [-0.2, 0) is 6.54 Å². The number of anilines is 1. The summed E-state index contributed by atoms with van der Waals surface area (Å²) in [4.78, 5) is 10.5. The number of aromatic nitrogens is 1. The van der Waals surface area contributed by atoms with E-state index in [2.05, 4.69) is 10.5 Å². The molecule has 1 aromatic heterocycles. The minimum Gasteiger partial charge on any atom is -0.493 e. The van der Waals surface area contributed by atoms with E-state index in [1.807, 2.05) is 13.8 Å². The quantitative estimate of drug-likeness (QED) is 0.621. The number of aryl methyl sites for hydroxylation is 1. The molecule has 0 aliphatic carbocycles. The van der Waals surface area contributed by atoms with Crippen molar-refractivity contribution in [3.8, 4) is 5.75 Å². The molecule has 0 spiro atoms. The second-order valence-electron chi connectivity index (χ2n) is 4.61. The topological polar surface area (TPSA) is 90.4 Å². The lowest BCUT2D eigenvalue weighted by Gasteiger charge is -2.08. The van der Waals surface area contributed by atoms with Crippen molar-refractivity contribution in [1.82, 2.24) is 5.16 Å². The third kappa shape index (κ3) is 4.20. The molecule has 0 atom stereocenters. The van der Waals surface area contributed by atoms with Crippen LogP contribution in [0.4, 0.5) is 11.4 Å². The van der Waals surface area contributed by atoms with E-state index in [0.29, 0.717) is 30.3 Å². The van der Waals surface area contributed by atoms with Gasteiger partial charge in [-0.1, -0.05) is 12.1 Å². The number of hydrogen-bond acceptors (Lipinski definition) is 6. The van der Waals surface area contributed by atoms with Crippen LogP contribution in [0.2, 0.25) is 0 Å². The van der Waals surface area contributed by atoms with E-state index in [4.69, 9.17) is 9.26 Å². The Kier molecular flexibility index (Phi) is 4.76. The summed E-state index contributed by atoms with van der Waals surface area (Å²) < 4.78 is 10.5.